The van der Waals surface area contributed by atoms with Crippen molar-refractivity contribution in [3.63, 3.8) is 0 Å². The normalized spacial score (nSPS) is 10.7. The summed E-state index contributed by atoms with van der Waals surface area (Å²) in [6.07, 6.45) is 2.50. The minimum absolute atomic E-state index is 0.0848. The molecule has 0 unspecified atom stereocenters. The first-order valence-corrected chi connectivity index (χ1v) is 9.18. The van der Waals surface area contributed by atoms with Gasteiger partial charge in [-0.05, 0) is 50.1 Å². The van der Waals surface area contributed by atoms with E-state index >= 15 is 0 Å². The molecule has 1 aromatic heterocycles. The first-order chi connectivity index (χ1) is 13.1. The monoisotopic (exact) mass is 383 g/mol. The van der Waals surface area contributed by atoms with Gasteiger partial charge in [-0.15, -0.1) is 5.10 Å². The lowest BCUT2D eigenvalue weighted by Gasteiger charge is -2.15. The Morgan fingerprint density at radius 1 is 1.07 bits per heavy atom. The maximum Gasteiger partial charge on any atom is 0.244 e. The van der Waals surface area contributed by atoms with Crippen molar-refractivity contribution < 1.29 is 4.74 Å². The number of halogens is 1. The van der Waals surface area contributed by atoms with Crippen molar-refractivity contribution in [2.24, 2.45) is 0 Å². The van der Waals surface area contributed by atoms with Crippen LogP contribution in [0.4, 0.5) is 17.5 Å². The van der Waals surface area contributed by atoms with Crippen LogP contribution in [0.3, 0.4) is 0 Å². The fourth-order valence-electron chi connectivity index (χ4n) is 2.47. The van der Waals surface area contributed by atoms with Crippen LogP contribution >= 0.6 is 11.6 Å². The first-order valence-electron chi connectivity index (χ1n) is 8.81. The van der Waals surface area contributed by atoms with Crippen LogP contribution in [0.25, 0.3) is 0 Å². The van der Waals surface area contributed by atoms with Crippen molar-refractivity contribution in [1.82, 2.24) is 15.2 Å². The van der Waals surface area contributed by atoms with E-state index in [1.165, 1.54) is 5.56 Å². The Bertz CT molecular complexity index is 870. The van der Waals surface area contributed by atoms with Gasteiger partial charge in [-0.3, -0.25) is 0 Å². The molecule has 0 aliphatic heterocycles. The molecule has 0 amide bonds. The minimum atomic E-state index is 0.0848. The van der Waals surface area contributed by atoms with Crippen molar-refractivity contribution in [2.75, 3.05) is 17.2 Å². The molecule has 0 saturated carbocycles. The van der Waals surface area contributed by atoms with Crippen molar-refractivity contribution >= 4 is 29.1 Å². The number of hydrogen-bond donors (Lipinski definition) is 2. The summed E-state index contributed by atoms with van der Waals surface area (Å²) in [7, 11) is 0. The standard InChI is InChI=1S/C20H22ClN5O/c1-14(2)27-18-6-4-3-5-17(18)24-19-13-23-26-20(25-19)22-12-11-15-7-9-16(21)10-8-15/h3-10,13-14H,11-12H2,1-2H3,(H2,22,24,25,26). The molecular weight excluding hydrogens is 362 g/mol. The number of nitrogens with one attached hydrogen (secondary N) is 2. The van der Waals surface area contributed by atoms with Crippen molar-refractivity contribution in [3.8, 4) is 5.75 Å². The molecule has 0 aliphatic carbocycles. The molecule has 0 fully saturated rings. The Morgan fingerprint density at radius 2 is 1.85 bits per heavy atom. The fourth-order valence-corrected chi connectivity index (χ4v) is 2.60. The molecule has 0 bridgehead atoms. The number of aromatic nitrogens is 3. The van der Waals surface area contributed by atoms with Gasteiger partial charge in [0.05, 0.1) is 18.0 Å². The van der Waals surface area contributed by atoms with Crippen molar-refractivity contribution in [2.45, 2.75) is 26.4 Å². The molecule has 2 aromatic carbocycles. The van der Waals surface area contributed by atoms with Gasteiger partial charge in [-0.25, -0.2) is 0 Å². The van der Waals surface area contributed by atoms with Crippen LogP contribution in [0.15, 0.2) is 54.7 Å². The maximum absolute atomic E-state index is 5.90. The van der Waals surface area contributed by atoms with Crippen LogP contribution < -0.4 is 15.4 Å². The molecule has 1 heterocycles. The number of benzene rings is 2. The molecule has 6 nitrogen and oxygen atoms in total. The zero-order valence-electron chi connectivity index (χ0n) is 15.3. The Kier molecular flexibility index (Phi) is 6.44. The molecule has 7 heteroatoms. The van der Waals surface area contributed by atoms with Gasteiger partial charge in [0, 0.05) is 11.6 Å². The van der Waals surface area contributed by atoms with E-state index in [2.05, 4.69) is 25.8 Å². The lowest BCUT2D eigenvalue weighted by Crippen LogP contribution is -2.10. The van der Waals surface area contributed by atoms with E-state index in [0.29, 0.717) is 18.3 Å². The van der Waals surface area contributed by atoms with Crippen LogP contribution in [0.1, 0.15) is 19.4 Å². The third-order valence-electron chi connectivity index (χ3n) is 3.68. The molecule has 0 saturated heterocycles. The summed E-state index contributed by atoms with van der Waals surface area (Å²) in [6, 6.07) is 15.5. The number of nitrogens with zero attached hydrogens (tertiary/aromatic N) is 3. The highest BCUT2D eigenvalue weighted by Gasteiger charge is 2.07. The van der Waals surface area contributed by atoms with Gasteiger partial charge in [0.15, 0.2) is 5.82 Å². The van der Waals surface area contributed by atoms with Crippen LogP contribution in [-0.2, 0) is 6.42 Å². The highest BCUT2D eigenvalue weighted by Crippen LogP contribution is 2.27. The van der Waals surface area contributed by atoms with E-state index < -0.39 is 0 Å². The average Bonchev–Trinajstić information content (AvgIpc) is 2.65. The largest absolute Gasteiger partial charge is 0.489 e. The maximum atomic E-state index is 5.90. The third kappa shape index (κ3) is 5.82. The summed E-state index contributed by atoms with van der Waals surface area (Å²) in [5, 5.41) is 15.2. The fraction of sp³-hybridized carbons (Fsp3) is 0.250. The second kappa shape index (κ2) is 9.19. The van der Waals surface area contributed by atoms with Gasteiger partial charge < -0.3 is 15.4 Å². The molecule has 3 aromatic rings. The number of para-hydroxylation sites is 2. The molecule has 0 radical (unpaired) electrons. The van der Waals surface area contributed by atoms with Crippen LogP contribution in [0.5, 0.6) is 5.75 Å². The summed E-state index contributed by atoms with van der Waals surface area (Å²) < 4.78 is 5.82. The zero-order valence-corrected chi connectivity index (χ0v) is 16.1. The van der Waals surface area contributed by atoms with E-state index in [9.17, 15) is 0 Å². The van der Waals surface area contributed by atoms with Gasteiger partial charge in [0.1, 0.15) is 5.75 Å². The number of rotatable bonds is 8. The zero-order chi connectivity index (χ0) is 19.1. The topological polar surface area (TPSA) is 72.0 Å². The molecular formula is C20H22ClN5O. The molecule has 3 rings (SSSR count). The number of hydrogen-bond acceptors (Lipinski definition) is 6. The second-order valence-electron chi connectivity index (χ2n) is 6.26. The third-order valence-corrected chi connectivity index (χ3v) is 3.93. The highest BCUT2D eigenvalue weighted by molar-refractivity contribution is 6.30. The Hall–Kier alpha value is -2.86. The summed E-state index contributed by atoms with van der Waals surface area (Å²) >= 11 is 5.90. The van der Waals surface area contributed by atoms with Gasteiger partial charge in [0.25, 0.3) is 0 Å². The molecule has 0 aliphatic rings. The Balaban J connectivity index is 1.61. The lowest BCUT2D eigenvalue weighted by atomic mass is 10.1. The van der Waals surface area contributed by atoms with Gasteiger partial charge in [-0.2, -0.15) is 10.1 Å². The van der Waals surface area contributed by atoms with Gasteiger partial charge in [0.2, 0.25) is 5.95 Å². The second-order valence-corrected chi connectivity index (χ2v) is 6.69. The minimum Gasteiger partial charge on any atom is -0.489 e. The van der Waals surface area contributed by atoms with Gasteiger partial charge in [-0.1, -0.05) is 35.9 Å². The molecule has 140 valence electrons. The van der Waals surface area contributed by atoms with Crippen LogP contribution in [-0.4, -0.2) is 27.8 Å². The van der Waals surface area contributed by atoms with Crippen LogP contribution in [0.2, 0.25) is 5.02 Å². The molecule has 0 atom stereocenters. The average molecular weight is 384 g/mol. The summed E-state index contributed by atoms with van der Waals surface area (Å²) in [5.41, 5.74) is 2.02. The van der Waals surface area contributed by atoms with E-state index in [1.807, 2.05) is 62.4 Å². The molecule has 27 heavy (non-hydrogen) atoms. The SMILES string of the molecule is CC(C)Oc1ccccc1Nc1cnnc(NCCc2ccc(Cl)cc2)n1. The van der Waals surface area contributed by atoms with E-state index in [0.717, 1.165) is 22.9 Å². The Labute approximate surface area is 164 Å². The van der Waals surface area contributed by atoms with Crippen molar-refractivity contribution in [1.29, 1.82) is 0 Å². The Morgan fingerprint density at radius 3 is 2.63 bits per heavy atom. The van der Waals surface area contributed by atoms with Crippen LogP contribution in [0, 0.1) is 0 Å². The summed E-state index contributed by atoms with van der Waals surface area (Å²) in [6.45, 7) is 4.68. The first kappa shape index (κ1) is 18.9. The van der Waals surface area contributed by atoms with Crippen molar-refractivity contribution in [3.05, 3.63) is 65.3 Å². The number of ether oxygens (including phenoxy) is 1. The lowest BCUT2D eigenvalue weighted by molar-refractivity contribution is 0.244. The highest BCUT2D eigenvalue weighted by atomic mass is 35.5. The summed E-state index contributed by atoms with van der Waals surface area (Å²) in [5.74, 6) is 1.83. The van der Waals surface area contributed by atoms with E-state index in [1.54, 1.807) is 6.20 Å². The predicted molar refractivity (Wildman–Crippen MR) is 109 cm³/mol. The van der Waals surface area contributed by atoms with Gasteiger partial charge >= 0.3 is 0 Å². The quantitative estimate of drug-likeness (QED) is 0.587. The van der Waals surface area contributed by atoms with E-state index in [-0.39, 0.29) is 6.10 Å². The molecule has 2 N–H and O–H groups in total. The smallest absolute Gasteiger partial charge is 0.244 e. The molecule has 0 spiro atoms. The number of anilines is 3. The van der Waals surface area contributed by atoms with E-state index in [4.69, 9.17) is 16.3 Å². The predicted octanol–water partition coefficient (Wildman–Crippen LogP) is 4.71. The summed E-state index contributed by atoms with van der Waals surface area (Å²) in [4.78, 5) is 4.46.